The first-order valence-electron chi connectivity index (χ1n) is 5.62. The first-order valence-corrected chi connectivity index (χ1v) is 5.62. The van der Waals surface area contributed by atoms with E-state index in [4.69, 9.17) is 5.11 Å². The number of benzene rings is 1. The molecule has 0 saturated carbocycles. The van der Waals surface area contributed by atoms with E-state index in [1.54, 1.807) is 13.8 Å². The van der Waals surface area contributed by atoms with Crippen LogP contribution in [0.5, 0.6) is 0 Å². The van der Waals surface area contributed by atoms with Crippen LogP contribution in [0.25, 0.3) is 5.69 Å². The smallest absolute Gasteiger partial charge is 0.307 e. The minimum atomic E-state index is -0.981. The van der Waals surface area contributed by atoms with E-state index in [0.29, 0.717) is 17.0 Å². The SMILES string of the molecule is Cc1nn(-c2ccc(F)cc2F)c(C)c1CC(=O)O. The minimum absolute atomic E-state index is 0.0960. The van der Waals surface area contributed by atoms with Crippen LogP contribution in [0.3, 0.4) is 0 Å². The Hall–Kier alpha value is -2.24. The highest BCUT2D eigenvalue weighted by molar-refractivity contribution is 5.71. The van der Waals surface area contributed by atoms with Gasteiger partial charge in [0.05, 0.1) is 12.1 Å². The van der Waals surface area contributed by atoms with E-state index in [-0.39, 0.29) is 12.1 Å². The summed E-state index contributed by atoms with van der Waals surface area (Å²) >= 11 is 0. The van der Waals surface area contributed by atoms with Gasteiger partial charge in [0.2, 0.25) is 0 Å². The van der Waals surface area contributed by atoms with Crippen LogP contribution in [-0.4, -0.2) is 20.9 Å². The second-order valence-electron chi connectivity index (χ2n) is 4.23. The molecule has 100 valence electrons. The fourth-order valence-electron chi connectivity index (χ4n) is 1.97. The third-order valence-corrected chi connectivity index (χ3v) is 2.91. The number of rotatable bonds is 3. The summed E-state index contributed by atoms with van der Waals surface area (Å²) in [5.41, 5.74) is 1.68. The number of halogens is 2. The minimum Gasteiger partial charge on any atom is -0.481 e. The van der Waals surface area contributed by atoms with E-state index in [1.807, 2.05) is 0 Å². The van der Waals surface area contributed by atoms with Gasteiger partial charge in [-0.15, -0.1) is 0 Å². The summed E-state index contributed by atoms with van der Waals surface area (Å²) in [5.74, 6) is -2.40. The molecule has 2 rings (SSSR count). The molecule has 0 amide bonds. The van der Waals surface area contributed by atoms with Crippen molar-refractivity contribution in [3.8, 4) is 5.69 Å². The molecule has 0 aliphatic carbocycles. The Morgan fingerprint density at radius 3 is 2.63 bits per heavy atom. The zero-order valence-electron chi connectivity index (χ0n) is 10.4. The average Bonchev–Trinajstić information content (AvgIpc) is 2.57. The lowest BCUT2D eigenvalue weighted by molar-refractivity contribution is -0.136. The Morgan fingerprint density at radius 2 is 2.05 bits per heavy atom. The third-order valence-electron chi connectivity index (χ3n) is 2.91. The van der Waals surface area contributed by atoms with Gasteiger partial charge in [-0.3, -0.25) is 4.79 Å². The number of hydrogen-bond acceptors (Lipinski definition) is 2. The molecular weight excluding hydrogens is 254 g/mol. The van der Waals surface area contributed by atoms with Crippen LogP contribution in [0, 0.1) is 25.5 Å². The monoisotopic (exact) mass is 266 g/mol. The summed E-state index contributed by atoms with van der Waals surface area (Å²) in [6.07, 6.45) is -0.180. The largest absolute Gasteiger partial charge is 0.481 e. The highest BCUT2D eigenvalue weighted by atomic mass is 19.1. The molecule has 0 spiro atoms. The molecule has 0 atom stereocenters. The first kappa shape index (κ1) is 13.2. The van der Waals surface area contributed by atoms with Crippen LogP contribution >= 0.6 is 0 Å². The van der Waals surface area contributed by atoms with Crippen molar-refractivity contribution in [3.05, 3.63) is 46.8 Å². The maximum atomic E-state index is 13.7. The predicted molar refractivity (Wildman–Crippen MR) is 64.3 cm³/mol. The molecule has 1 aromatic carbocycles. The lowest BCUT2D eigenvalue weighted by atomic mass is 10.1. The highest BCUT2D eigenvalue weighted by Gasteiger charge is 2.17. The quantitative estimate of drug-likeness (QED) is 0.928. The summed E-state index contributed by atoms with van der Waals surface area (Å²) in [5, 5.41) is 12.9. The number of aryl methyl sites for hydroxylation is 1. The second kappa shape index (κ2) is 4.79. The number of carboxylic acids is 1. The lowest BCUT2D eigenvalue weighted by Crippen LogP contribution is -2.05. The zero-order chi connectivity index (χ0) is 14.2. The van der Waals surface area contributed by atoms with Crippen LogP contribution < -0.4 is 0 Å². The van der Waals surface area contributed by atoms with Gasteiger partial charge in [-0.2, -0.15) is 5.10 Å². The lowest BCUT2D eigenvalue weighted by Gasteiger charge is -2.06. The molecule has 6 heteroatoms. The molecule has 0 aliphatic heterocycles. The van der Waals surface area contributed by atoms with Gasteiger partial charge in [0.15, 0.2) is 5.82 Å². The van der Waals surface area contributed by atoms with Crippen molar-refractivity contribution in [3.63, 3.8) is 0 Å². The number of carbonyl (C=O) groups is 1. The van der Waals surface area contributed by atoms with Crippen LogP contribution in [0.2, 0.25) is 0 Å². The molecule has 19 heavy (non-hydrogen) atoms. The van der Waals surface area contributed by atoms with Crippen molar-refractivity contribution in [2.45, 2.75) is 20.3 Å². The fraction of sp³-hybridized carbons (Fsp3) is 0.231. The van der Waals surface area contributed by atoms with Crippen molar-refractivity contribution < 1.29 is 18.7 Å². The molecule has 4 nitrogen and oxygen atoms in total. The number of aromatic nitrogens is 2. The Bertz CT molecular complexity index is 650. The molecule has 1 aromatic heterocycles. The van der Waals surface area contributed by atoms with Crippen LogP contribution in [-0.2, 0) is 11.2 Å². The highest BCUT2D eigenvalue weighted by Crippen LogP contribution is 2.21. The molecule has 1 heterocycles. The maximum Gasteiger partial charge on any atom is 0.307 e. The molecule has 0 unspecified atom stereocenters. The van der Waals surface area contributed by atoms with Gasteiger partial charge in [-0.05, 0) is 26.0 Å². The van der Waals surface area contributed by atoms with Crippen molar-refractivity contribution in [1.82, 2.24) is 9.78 Å². The number of hydrogen-bond donors (Lipinski definition) is 1. The van der Waals surface area contributed by atoms with Crippen molar-refractivity contribution >= 4 is 5.97 Å². The summed E-state index contributed by atoms with van der Waals surface area (Å²) in [7, 11) is 0. The molecule has 0 radical (unpaired) electrons. The number of carboxylic acid groups (broad SMARTS) is 1. The first-order chi connectivity index (χ1) is 8.90. The Morgan fingerprint density at radius 1 is 1.37 bits per heavy atom. The molecule has 1 N–H and O–H groups in total. The second-order valence-corrected chi connectivity index (χ2v) is 4.23. The summed E-state index contributed by atoms with van der Waals surface area (Å²) in [4.78, 5) is 10.8. The van der Waals surface area contributed by atoms with Crippen LogP contribution in [0.15, 0.2) is 18.2 Å². The topological polar surface area (TPSA) is 55.1 Å². The zero-order valence-corrected chi connectivity index (χ0v) is 10.4. The van der Waals surface area contributed by atoms with E-state index in [2.05, 4.69) is 5.10 Å². The Kier molecular flexibility index (Phi) is 3.33. The standard InChI is InChI=1S/C13H12F2N2O2/c1-7-10(6-13(18)19)8(2)17(16-7)12-4-3-9(14)5-11(12)15/h3-5H,6H2,1-2H3,(H,18,19). The molecule has 0 aliphatic rings. The molecule has 0 saturated heterocycles. The van der Waals surface area contributed by atoms with Crippen molar-refractivity contribution in [2.24, 2.45) is 0 Å². The fourth-order valence-corrected chi connectivity index (χ4v) is 1.97. The summed E-state index contributed by atoms with van der Waals surface area (Å²) < 4.78 is 27.9. The van der Waals surface area contributed by atoms with Gasteiger partial charge in [-0.1, -0.05) is 0 Å². The van der Waals surface area contributed by atoms with E-state index < -0.39 is 17.6 Å². The van der Waals surface area contributed by atoms with E-state index >= 15 is 0 Å². The van der Waals surface area contributed by atoms with Gasteiger partial charge >= 0.3 is 5.97 Å². The van der Waals surface area contributed by atoms with Crippen LogP contribution in [0.1, 0.15) is 17.0 Å². The van der Waals surface area contributed by atoms with Crippen molar-refractivity contribution in [2.75, 3.05) is 0 Å². The van der Waals surface area contributed by atoms with Gasteiger partial charge in [0, 0.05) is 17.3 Å². The molecule has 0 bridgehead atoms. The summed E-state index contributed by atoms with van der Waals surface area (Å²) in [6.45, 7) is 3.31. The number of aliphatic carboxylic acids is 1. The van der Waals surface area contributed by atoms with E-state index in [0.717, 1.165) is 12.1 Å². The predicted octanol–water partition coefficient (Wildman–Crippen LogP) is 2.39. The van der Waals surface area contributed by atoms with Gasteiger partial charge in [0.25, 0.3) is 0 Å². The van der Waals surface area contributed by atoms with E-state index in [1.165, 1.54) is 10.7 Å². The maximum absolute atomic E-state index is 13.7. The third kappa shape index (κ3) is 2.47. The van der Waals surface area contributed by atoms with Crippen LogP contribution in [0.4, 0.5) is 8.78 Å². The molecule has 2 aromatic rings. The van der Waals surface area contributed by atoms with Gasteiger partial charge in [0.1, 0.15) is 11.5 Å². The van der Waals surface area contributed by atoms with Gasteiger partial charge < -0.3 is 5.11 Å². The van der Waals surface area contributed by atoms with Gasteiger partial charge in [-0.25, -0.2) is 13.5 Å². The number of nitrogens with zero attached hydrogens (tertiary/aromatic N) is 2. The van der Waals surface area contributed by atoms with E-state index in [9.17, 15) is 13.6 Å². The Labute approximate surface area is 108 Å². The average molecular weight is 266 g/mol. The molecular formula is C13H12F2N2O2. The normalized spacial score (nSPS) is 10.7. The van der Waals surface area contributed by atoms with Crippen molar-refractivity contribution in [1.29, 1.82) is 0 Å². The Balaban J connectivity index is 2.54. The molecule has 0 fully saturated rings. The summed E-state index contributed by atoms with van der Waals surface area (Å²) in [6, 6.07) is 3.17.